The van der Waals surface area contributed by atoms with Crippen molar-refractivity contribution in [2.45, 2.75) is 56.2 Å². The molecule has 1 aromatic rings. The fourth-order valence-electron chi connectivity index (χ4n) is 1.51. The molecule has 16 heavy (non-hydrogen) atoms. The highest BCUT2D eigenvalue weighted by Crippen LogP contribution is 2.28. The summed E-state index contributed by atoms with van der Waals surface area (Å²) in [7, 11) is 0. The highest BCUT2D eigenvalue weighted by Gasteiger charge is 2.09. The van der Waals surface area contributed by atoms with Crippen LogP contribution in [0.15, 0.2) is 29.2 Å². The molecule has 0 bridgehead atoms. The Balaban J connectivity index is 2.75. The standard InChI is InChI=1S/C14H23NS/c1-4-11(3)16-14-9-7-6-8-12(14)10-13(15)5-2/h6-9,11,13H,4-5,10,15H2,1-3H3. The first-order valence-corrected chi connectivity index (χ1v) is 7.05. The van der Waals surface area contributed by atoms with E-state index in [1.807, 2.05) is 11.8 Å². The molecule has 0 amide bonds. The van der Waals surface area contributed by atoms with E-state index in [9.17, 15) is 0 Å². The van der Waals surface area contributed by atoms with Gasteiger partial charge in [0.25, 0.3) is 0 Å². The van der Waals surface area contributed by atoms with Crippen LogP contribution in [0, 0.1) is 0 Å². The Morgan fingerprint density at radius 3 is 2.50 bits per heavy atom. The summed E-state index contributed by atoms with van der Waals surface area (Å²) in [5.74, 6) is 0. The molecule has 2 heteroatoms. The van der Waals surface area contributed by atoms with Crippen molar-refractivity contribution in [3.8, 4) is 0 Å². The maximum atomic E-state index is 6.03. The molecule has 90 valence electrons. The number of hydrogen-bond donors (Lipinski definition) is 1. The lowest BCUT2D eigenvalue weighted by molar-refractivity contribution is 0.641. The van der Waals surface area contributed by atoms with E-state index in [0.717, 1.165) is 12.8 Å². The number of benzene rings is 1. The van der Waals surface area contributed by atoms with Gasteiger partial charge in [0.1, 0.15) is 0 Å². The minimum absolute atomic E-state index is 0.290. The van der Waals surface area contributed by atoms with Crippen molar-refractivity contribution in [3.05, 3.63) is 29.8 Å². The second-order valence-corrected chi connectivity index (χ2v) is 5.80. The van der Waals surface area contributed by atoms with Gasteiger partial charge in [-0.05, 0) is 30.9 Å². The van der Waals surface area contributed by atoms with E-state index in [1.165, 1.54) is 16.9 Å². The van der Waals surface area contributed by atoms with E-state index in [2.05, 4.69) is 45.0 Å². The van der Waals surface area contributed by atoms with Gasteiger partial charge in [0, 0.05) is 16.2 Å². The summed E-state index contributed by atoms with van der Waals surface area (Å²) in [5, 5.41) is 0.680. The summed E-state index contributed by atoms with van der Waals surface area (Å²) >= 11 is 1.97. The molecule has 0 aliphatic heterocycles. The quantitative estimate of drug-likeness (QED) is 0.760. The predicted octanol–water partition coefficient (Wildman–Crippen LogP) is 3.86. The van der Waals surface area contributed by atoms with Crippen LogP contribution < -0.4 is 5.73 Å². The summed E-state index contributed by atoms with van der Waals surface area (Å²) in [6.07, 6.45) is 3.25. The summed E-state index contributed by atoms with van der Waals surface area (Å²) in [5.41, 5.74) is 7.43. The molecule has 0 heterocycles. The van der Waals surface area contributed by atoms with Gasteiger partial charge >= 0.3 is 0 Å². The van der Waals surface area contributed by atoms with Gasteiger partial charge < -0.3 is 5.73 Å². The van der Waals surface area contributed by atoms with Crippen molar-refractivity contribution in [2.24, 2.45) is 5.73 Å². The SMILES string of the molecule is CCC(N)Cc1ccccc1SC(C)CC. The van der Waals surface area contributed by atoms with Gasteiger partial charge in [-0.1, -0.05) is 39.0 Å². The second-order valence-electron chi connectivity index (χ2n) is 4.32. The van der Waals surface area contributed by atoms with E-state index in [4.69, 9.17) is 5.73 Å². The summed E-state index contributed by atoms with van der Waals surface area (Å²) in [6, 6.07) is 8.94. The van der Waals surface area contributed by atoms with Crippen LogP contribution in [-0.4, -0.2) is 11.3 Å². The first-order valence-electron chi connectivity index (χ1n) is 6.17. The average molecular weight is 237 g/mol. The van der Waals surface area contributed by atoms with E-state index in [-0.39, 0.29) is 0 Å². The van der Waals surface area contributed by atoms with Gasteiger partial charge in [-0.2, -0.15) is 0 Å². The molecule has 0 saturated heterocycles. The van der Waals surface area contributed by atoms with Crippen LogP contribution in [0.5, 0.6) is 0 Å². The zero-order valence-corrected chi connectivity index (χ0v) is 11.4. The zero-order valence-electron chi connectivity index (χ0n) is 10.6. The molecule has 0 aromatic heterocycles. The Bertz CT molecular complexity index is 280. The Morgan fingerprint density at radius 1 is 1.19 bits per heavy atom. The van der Waals surface area contributed by atoms with Crippen molar-refractivity contribution in [1.29, 1.82) is 0 Å². The van der Waals surface area contributed by atoms with E-state index in [1.54, 1.807) is 0 Å². The van der Waals surface area contributed by atoms with Gasteiger partial charge in [0.15, 0.2) is 0 Å². The van der Waals surface area contributed by atoms with Gasteiger partial charge in [-0.15, -0.1) is 11.8 Å². The molecule has 1 aromatic carbocycles. The first-order chi connectivity index (χ1) is 7.67. The molecule has 0 radical (unpaired) electrons. The number of nitrogens with two attached hydrogens (primary N) is 1. The minimum atomic E-state index is 0.290. The number of rotatable bonds is 6. The van der Waals surface area contributed by atoms with Crippen LogP contribution in [0.25, 0.3) is 0 Å². The molecule has 0 aliphatic carbocycles. The third-order valence-electron chi connectivity index (χ3n) is 2.88. The lowest BCUT2D eigenvalue weighted by Gasteiger charge is -2.15. The predicted molar refractivity (Wildman–Crippen MR) is 74.0 cm³/mol. The molecular formula is C14H23NS. The van der Waals surface area contributed by atoms with Crippen molar-refractivity contribution in [1.82, 2.24) is 0 Å². The van der Waals surface area contributed by atoms with Gasteiger partial charge in [-0.25, -0.2) is 0 Å². The summed E-state index contributed by atoms with van der Waals surface area (Å²) in [4.78, 5) is 1.40. The Morgan fingerprint density at radius 2 is 1.88 bits per heavy atom. The monoisotopic (exact) mass is 237 g/mol. The fraction of sp³-hybridized carbons (Fsp3) is 0.571. The summed E-state index contributed by atoms with van der Waals surface area (Å²) < 4.78 is 0. The largest absolute Gasteiger partial charge is 0.327 e. The minimum Gasteiger partial charge on any atom is -0.327 e. The summed E-state index contributed by atoms with van der Waals surface area (Å²) in [6.45, 7) is 6.66. The van der Waals surface area contributed by atoms with Crippen LogP contribution in [0.2, 0.25) is 0 Å². The molecule has 1 nitrogen and oxygen atoms in total. The van der Waals surface area contributed by atoms with Gasteiger partial charge in [-0.3, -0.25) is 0 Å². The Labute approximate surface area is 104 Å². The molecule has 0 aliphatic rings. The average Bonchev–Trinajstić information content (AvgIpc) is 2.31. The highest BCUT2D eigenvalue weighted by atomic mass is 32.2. The third-order valence-corrected chi connectivity index (χ3v) is 4.27. The first kappa shape index (κ1) is 13.6. The highest BCUT2D eigenvalue weighted by molar-refractivity contribution is 8.00. The van der Waals surface area contributed by atoms with Crippen LogP contribution in [-0.2, 0) is 6.42 Å². The topological polar surface area (TPSA) is 26.0 Å². The molecule has 2 atom stereocenters. The van der Waals surface area contributed by atoms with E-state index < -0.39 is 0 Å². The molecule has 0 spiro atoms. The maximum absolute atomic E-state index is 6.03. The van der Waals surface area contributed by atoms with Crippen LogP contribution in [0.3, 0.4) is 0 Å². The third kappa shape index (κ3) is 4.18. The molecule has 0 saturated carbocycles. The second kappa shape index (κ2) is 6.97. The van der Waals surface area contributed by atoms with E-state index in [0.29, 0.717) is 11.3 Å². The lowest BCUT2D eigenvalue weighted by atomic mass is 10.1. The lowest BCUT2D eigenvalue weighted by Crippen LogP contribution is -2.21. The molecular weight excluding hydrogens is 214 g/mol. The fourth-order valence-corrected chi connectivity index (χ4v) is 2.57. The molecule has 0 fully saturated rings. The zero-order chi connectivity index (χ0) is 12.0. The van der Waals surface area contributed by atoms with Crippen molar-refractivity contribution in [3.63, 3.8) is 0 Å². The normalized spacial score (nSPS) is 14.8. The van der Waals surface area contributed by atoms with Crippen LogP contribution in [0.1, 0.15) is 39.2 Å². The van der Waals surface area contributed by atoms with Crippen molar-refractivity contribution < 1.29 is 0 Å². The smallest absolute Gasteiger partial charge is 0.0107 e. The number of thioether (sulfide) groups is 1. The molecule has 2 unspecified atom stereocenters. The Hall–Kier alpha value is -0.470. The molecule has 1 rings (SSSR count). The van der Waals surface area contributed by atoms with Crippen molar-refractivity contribution in [2.75, 3.05) is 0 Å². The number of hydrogen-bond acceptors (Lipinski definition) is 2. The van der Waals surface area contributed by atoms with Crippen LogP contribution in [0.4, 0.5) is 0 Å². The van der Waals surface area contributed by atoms with E-state index >= 15 is 0 Å². The van der Waals surface area contributed by atoms with Gasteiger partial charge in [0.05, 0.1) is 0 Å². The maximum Gasteiger partial charge on any atom is 0.0107 e. The van der Waals surface area contributed by atoms with Crippen LogP contribution >= 0.6 is 11.8 Å². The Kier molecular flexibility index (Phi) is 5.93. The van der Waals surface area contributed by atoms with Gasteiger partial charge in [0.2, 0.25) is 0 Å². The molecule has 2 N–H and O–H groups in total. The van der Waals surface area contributed by atoms with Crippen molar-refractivity contribution >= 4 is 11.8 Å².